The number of likely N-dealkylation sites (N-methyl/N-ethyl adjacent to an activating group) is 1. The van der Waals surface area contributed by atoms with Crippen molar-refractivity contribution in [1.82, 2.24) is 15.1 Å². The molecule has 0 saturated carbocycles. The zero-order valence-corrected chi connectivity index (χ0v) is 11.9. The van der Waals surface area contributed by atoms with Gasteiger partial charge in [0, 0.05) is 38.8 Å². The van der Waals surface area contributed by atoms with E-state index in [1.165, 1.54) is 44.7 Å². The van der Waals surface area contributed by atoms with Gasteiger partial charge in [-0.25, -0.2) is 0 Å². The van der Waals surface area contributed by atoms with Crippen molar-refractivity contribution in [3.63, 3.8) is 0 Å². The van der Waals surface area contributed by atoms with E-state index in [4.69, 9.17) is 0 Å². The standard InChI is InChI=1S/C16H25N3/c1-2-18-9-11-19(12-10-18)13-16-15-6-4-3-5-14(15)7-8-17-16/h3-6,16-17H,2,7-13H2,1H3. The molecule has 1 unspecified atom stereocenters. The highest BCUT2D eigenvalue weighted by Crippen LogP contribution is 2.23. The second kappa shape index (κ2) is 6.04. The molecule has 0 bridgehead atoms. The Morgan fingerprint density at radius 1 is 1.11 bits per heavy atom. The normalized spacial score (nSPS) is 25.2. The third-order valence-corrected chi connectivity index (χ3v) is 4.57. The first-order valence-corrected chi connectivity index (χ1v) is 7.62. The number of benzene rings is 1. The highest BCUT2D eigenvalue weighted by molar-refractivity contribution is 5.32. The minimum atomic E-state index is 0.526. The summed E-state index contributed by atoms with van der Waals surface area (Å²) < 4.78 is 0. The molecule has 1 fully saturated rings. The van der Waals surface area contributed by atoms with Gasteiger partial charge in [-0.15, -0.1) is 0 Å². The molecule has 3 heteroatoms. The summed E-state index contributed by atoms with van der Waals surface area (Å²) in [7, 11) is 0. The molecule has 3 rings (SSSR count). The molecule has 2 heterocycles. The van der Waals surface area contributed by atoms with Crippen LogP contribution >= 0.6 is 0 Å². The molecule has 2 aliphatic heterocycles. The second-order valence-electron chi connectivity index (χ2n) is 5.69. The molecule has 1 N–H and O–H groups in total. The van der Waals surface area contributed by atoms with Crippen molar-refractivity contribution in [1.29, 1.82) is 0 Å². The van der Waals surface area contributed by atoms with E-state index in [2.05, 4.69) is 46.3 Å². The van der Waals surface area contributed by atoms with Crippen LogP contribution in [0.4, 0.5) is 0 Å². The summed E-state index contributed by atoms with van der Waals surface area (Å²) in [6.45, 7) is 10.6. The van der Waals surface area contributed by atoms with Gasteiger partial charge in [0.25, 0.3) is 0 Å². The lowest BCUT2D eigenvalue weighted by Crippen LogP contribution is -2.49. The molecule has 0 aliphatic carbocycles. The average Bonchev–Trinajstić information content (AvgIpc) is 2.48. The molecule has 19 heavy (non-hydrogen) atoms. The van der Waals surface area contributed by atoms with E-state index in [9.17, 15) is 0 Å². The third kappa shape index (κ3) is 2.99. The van der Waals surface area contributed by atoms with Gasteiger partial charge < -0.3 is 10.2 Å². The topological polar surface area (TPSA) is 18.5 Å². The van der Waals surface area contributed by atoms with Crippen LogP contribution in [0, 0.1) is 0 Å². The summed E-state index contributed by atoms with van der Waals surface area (Å²) in [6, 6.07) is 9.46. The van der Waals surface area contributed by atoms with E-state index >= 15 is 0 Å². The predicted molar refractivity (Wildman–Crippen MR) is 79.4 cm³/mol. The molecule has 1 aromatic carbocycles. The van der Waals surface area contributed by atoms with E-state index in [-0.39, 0.29) is 0 Å². The van der Waals surface area contributed by atoms with Crippen molar-refractivity contribution in [3.05, 3.63) is 35.4 Å². The number of nitrogens with one attached hydrogen (secondary N) is 1. The molecule has 0 amide bonds. The van der Waals surface area contributed by atoms with Crippen molar-refractivity contribution in [3.8, 4) is 0 Å². The Balaban J connectivity index is 1.62. The molecular weight excluding hydrogens is 234 g/mol. The first kappa shape index (κ1) is 13.1. The zero-order chi connectivity index (χ0) is 13.1. The maximum atomic E-state index is 3.69. The molecule has 0 spiro atoms. The van der Waals surface area contributed by atoms with Gasteiger partial charge >= 0.3 is 0 Å². The smallest absolute Gasteiger partial charge is 0.0452 e. The summed E-state index contributed by atoms with van der Waals surface area (Å²) in [4.78, 5) is 5.16. The van der Waals surface area contributed by atoms with Crippen LogP contribution < -0.4 is 5.32 Å². The molecule has 3 nitrogen and oxygen atoms in total. The summed E-state index contributed by atoms with van der Waals surface area (Å²) in [6.07, 6.45) is 1.18. The summed E-state index contributed by atoms with van der Waals surface area (Å²) in [5.74, 6) is 0. The second-order valence-corrected chi connectivity index (χ2v) is 5.69. The van der Waals surface area contributed by atoms with Crippen molar-refractivity contribution < 1.29 is 0 Å². The highest BCUT2D eigenvalue weighted by Gasteiger charge is 2.23. The van der Waals surface area contributed by atoms with Gasteiger partial charge in [-0.1, -0.05) is 31.2 Å². The Morgan fingerprint density at radius 3 is 2.63 bits per heavy atom. The average molecular weight is 259 g/mol. The van der Waals surface area contributed by atoms with Gasteiger partial charge in [-0.3, -0.25) is 4.90 Å². The van der Waals surface area contributed by atoms with Gasteiger partial charge in [0.2, 0.25) is 0 Å². The molecule has 1 atom stereocenters. The first-order chi connectivity index (χ1) is 9.36. The van der Waals surface area contributed by atoms with Gasteiger partial charge in [-0.05, 0) is 30.6 Å². The maximum Gasteiger partial charge on any atom is 0.0452 e. The zero-order valence-electron chi connectivity index (χ0n) is 11.9. The first-order valence-electron chi connectivity index (χ1n) is 7.62. The fourth-order valence-electron chi connectivity index (χ4n) is 3.30. The molecule has 0 aromatic heterocycles. The lowest BCUT2D eigenvalue weighted by atomic mass is 9.94. The molecule has 1 saturated heterocycles. The number of rotatable bonds is 3. The minimum Gasteiger partial charge on any atom is -0.309 e. The molecule has 104 valence electrons. The van der Waals surface area contributed by atoms with Crippen LogP contribution in [-0.2, 0) is 6.42 Å². The number of hydrogen-bond acceptors (Lipinski definition) is 3. The van der Waals surface area contributed by atoms with Gasteiger partial charge in [0.1, 0.15) is 0 Å². The summed E-state index contributed by atoms with van der Waals surface area (Å²) in [5, 5.41) is 3.69. The number of hydrogen-bond donors (Lipinski definition) is 1. The van der Waals surface area contributed by atoms with E-state index in [0.29, 0.717) is 6.04 Å². The Kier molecular flexibility index (Phi) is 4.16. The SMILES string of the molecule is CCN1CCN(CC2NCCc3ccccc32)CC1. The Labute approximate surface area is 116 Å². The molecule has 2 aliphatic rings. The maximum absolute atomic E-state index is 3.69. The lowest BCUT2D eigenvalue weighted by molar-refractivity contribution is 0.126. The van der Waals surface area contributed by atoms with Crippen LogP contribution in [0.1, 0.15) is 24.1 Å². The Hall–Kier alpha value is -0.900. The Bertz CT molecular complexity index is 410. The van der Waals surface area contributed by atoms with Crippen LogP contribution in [0.3, 0.4) is 0 Å². The minimum absolute atomic E-state index is 0.526. The number of nitrogens with zero attached hydrogens (tertiary/aromatic N) is 2. The van der Waals surface area contributed by atoms with Crippen molar-refractivity contribution in [2.24, 2.45) is 0 Å². The van der Waals surface area contributed by atoms with E-state index in [0.717, 1.165) is 13.1 Å². The molecular formula is C16H25N3. The monoisotopic (exact) mass is 259 g/mol. The number of fused-ring (bicyclic) bond motifs is 1. The summed E-state index contributed by atoms with van der Waals surface area (Å²) in [5.41, 5.74) is 3.06. The quantitative estimate of drug-likeness (QED) is 0.888. The Morgan fingerprint density at radius 2 is 1.84 bits per heavy atom. The predicted octanol–water partition coefficient (Wildman–Crippen LogP) is 1.51. The van der Waals surface area contributed by atoms with Crippen LogP contribution in [0.15, 0.2) is 24.3 Å². The van der Waals surface area contributed by atoms with Gasteiger partial charge in [0.15, 0.2) is 0 Å². The van der Waals surface area contributed by atoms with Gasteiger partial charge in [0.05, 0.1) is 0 Å². The van der Waals surface area contributed by atoms with Crippen LogP contribution in [-0.4, -0.2) is 55.6 Å². The van der Waals surface area contributed by atoms with E-state index < -0.39 is 0 Å². The van der Waals surface area contributed by atoms with E-state index in [1.807, 2.05) is 0 Å². The fourth-order valence-corrected chi connectivity index (χ4v) is 3.30. The largest absolute Gasteiger partial charge is 0.309 e. The van der Waals surface area contributed by atoms with Crippen molar-refractivity contribution >= 4 is 0 Å². The van der Waals surface area contributed by atoms with Crippen LogP contribution in [0.2, 0.25) is 0 Å². The van der Waals surface area contributed by atoms with E-state index in [1.54, 1.807) is 5.56 Å². The highest BCUT2D eigenvalue weighted by atomic mass is 15.3. The van der Waals surface area contributed by atoms with Crippen LogP contribution in [0.25, 0.3) is 0 Å². The third-order valence-electron chi connectivity index (χ3n) is 4.57. The van der Waals surface area contributed by atoms with Gasteiger partial charge in [-0.2, -0.15) is 0 Å². The van der Waals surface area contributed by atoms with Crippen molar-refractivity contribution in [2.75, 3.05) is 45.8 Å². The molecule has 1 aromatic rings. The van der Waals surface area contributed by atoms with Crippen LogP contribution in [0.5, 0.6) is 0 Å². The van der Waals surface area contributed by atoms with Crippen molar-refractivity contribution in [2.45, 2.75) is 19.4 Å². The number of piperazine rings is 1. The fraction of sp³-hybridized carbons (Fsp3) is 0.625. The lowest BCUT2D eigenvalue weighted by Gasteiger charge is -2.37. The summed E-state index contributed by atoms with van der Waals surface area (Å²) >= 11 is 0. The molecule has 0 radical (unpaired) electrons.